The molecule has 3 N–H and O–H groups in total. The molecule has 0 bridgehead atoms. The van der Waals surface area contributed by atoms with E-state index in [2.05, 4.69) is 48.5 Å². The van der Waals surface area contributed by atoms with E-state index in [1.807, 2.05) is 0 Å². The number of aliphatic hydroxyl groups is 1. The molecule has 2 unspecified atom stereocenters. The van der Waals surface area contributed by atoms with E-state index in [4.69, 9.17) is 37.0 Å². The summed E-state index contributed by atoms with van der Waals surface area (Å²) in [5, 5.41) is 10.7. The largest absolute Gasteiger partial charge is 0.472 e. The van der Waals surface area contributed by atoms with Gasteiger partial charge in [0.25, 0.3) is 0 Å². The molecular formula is C88H172O17P2. The normalized spacial score (nSPS) is 13.8. The third-order valence-electron chi connectivity index (χ3n) is 20.6. The van der Waals surface area contributed by atoms with Crippen LogP contribution in [0.15, 0.2) is 0 Å². The fraction of sp³-hybridized carbons (Fsp3) is 0.955. The van der Waals surface area contributed by atoms with Crippen molar-refractivity contribution in [1.82, 2.24) is 0 Å². The minimum Gasteiger partial charge on any atom is -0.462 e. The maximum atomic E-state index is 13.2. The Morgan fingerprint density at radius 2 is 0.430 bits per heavy atom. The Morgan fingerprint density at radius 1 is 0.252 bits per heavy atom. The number of phosphoric acid groups is 2. The Morgan fingerprint density at radius 3 is 0.636 bits per heavy atom. The maximum Gasteiger partial charge on any atom is 0.472 e. The first kappa shape index (κ1) is 105. The standard InChI is InChI=1S/C88H172O17P2/c1-8-9-10-11-12-13-14-15-16-17-18-19-23-29-34-41-48-55-62-69-85(90)98-75-83(104-87(92)71-64-57-50-42-35-30-24-21-20-22-27-32-38-45-52-59-66-79(2)3)77-102-106(94,95)100-73-82(89)74-101-107(96,97)103-78-84(76-99-86(91)70-63-56-49-44-37-40-47-54-61-68-81(6)7)105-88(93)72-65-58-51-43-36-31-26-25-28-33-39-46-53-60-67-80(4)5/h79-84,89H,8-78H2,1-7H3,(H,94,95)(H,96,97)/t82-,83-,84-/m1/s1. The van der Waals surface area contributed by atoms with Gasteiger partial charge in [-0.15, -0.1) is 0 Å². The SMILES string of the molecule is CCCCCCCCCCCCCCCCCCCCCC(=O)OC[C@H](COP(=O)(O)OC[C@@H](O)COP(=O)(O)OC[C@@H](COC(=O)CCCCCCCCCCCC(C)C)OC(=O)CCCCCCCCCCCCCCCCC(C)C)OC(=O)CCCCCCCCCCCCCCCCCCC(C)C. The fourth-order valence-electron chi connectivity index (χ4n) is 13.7. The summed E-state index contributed by atoms with van der Waals surface area (Å²) in [7, 11) is -9.93. The van der Waals surface area contributed by atoms with E-state index >= 15 is 0 Å². The van der Waals surface area contributed by atoms with Crippen molar-refractivity contribution < 1.29 is 80.2 Å². The summed E-state index contributed by atoms with van der Waals surface area (Å²) >= 11 is 0. The zero-order valence-corrected chi connectivity index (χ0v) is 72.4. The summed E-state index contributed by atoms with van der Waals surface area (Å²) < 4.78 is 69.0. The molecule has 0 saturated heterocycles. The van der Waals surface area contributed by atoms with Gasteiger partial charge in [0.15, 0.2) is 12.2 Å². The van der Waals surface area contributed by atoms with Crippen LogP contribution in [-0.4, -0.2) is 96.7 Å². The van der Waals surface area contributed by atoms with Gasteiger partial charge in [-0.25, -0.2) is 9.13 Å². The smallest absolute Gasteiger partial charge is 0.462 e. The van der Waals surface area contributed by atoms with Crippen LogP contribution in [0.4, 0.5) is 0 Å². The molecule has 0 aliphatic rings. The van der Waals surface area contributed by atoms with Crippen molar-refractivity contribution in [3.63, 3.8) is 0 Å². The van der Waals surface area contributed by atoms with Crippen LogP contribution in [0, 0.1) is 17.8 Å². The quantitative estimate of drug-likeness (QED) is 0.0222. The number of esters is 4. The fourth-order valence-corrected chi connectivity index (χ4v) is 15.3. The molecule has 5 atom stereocenters. The minimum absolute atomic E-state index is 0.107. The third kappa shape index (κ3) is 81.9. The molecule has 0 aromatic heterocycles. The molecule has 17 nitrogen and oxygen atoms in total. The topological polar surface area (TPSA) is 237 Å². The number of hydrogen-bond acceptors (Lipinski definition) is 15. The van der Waals surface area contributed by atoms with E-state index < -0.39 is 97.5 Å². The zero-order valence-electron chi connectivity index (χ0n) is 70.6. The highest BCUT2D eigenvalue weighted by Crippen LogP contribution is 2.45. The lowest BCUT2D eigenvalue weighted by atomic mass is 10.0. The predicted molar refractivity (Wildman–Crippen MR) is 441 cm³/mol. The molecule has 636 valence electrons. The van der Waals surface area contributed by atoms with Gasteiger partial charge in [-0.1, -0.05) is 414 Å². The highest BCUT2D eigenvalue weighted by Gasteiger charge is 2.31. The van der Waals surface area contributed by atoms with Crippen LogP contribution < -0.4 is 0 Å². The second kappa shape index (κ2) is 78.0. The average molecular weight is 1560 g/mol. The van der Waals surface area contributed by atoms with Crippen molar-refractivity contribution >= 4 is 39.5 Å². The molecule has 0 aliphatic carbocycles. The van der Waals surface area contributed by atoms with Crippen LogP contribution in [0.1, 0.15) is 466 Å². The number of hydrogen-bond donors (Lipinski definition) is 3. The Labute approximate surface area is 658 Å². The number of ether oxygens (including phenoxy) is 4. The lowest BCUT2D eigenvalue weighted by Crippen LogP contribution is -2.30. The van der Waals surface area contributed by atoms with Crippen LogP contribution in [0.25, 0.3) is 0 Å². The highest BCUT2D eigenvalue weighted by atomic mass is 31.2. The van der Waals surface area contributed by atoms with E-state index in [-0.39, 0.29) is 25.7 Å². The van der Waals surface area contributed by atoms with Crippen molar-refractivity contribution in [2.45, 2.75) is 484 Å². The van der Waals surface area contributed by atoms with Crippen molar-refractivity contribution in [2.24, 2.45) is 17.8 Å². The zero-order chi connectivity index (χ0) is 78.6. The molecule has 0 fully saturated rings. The number of aliphatic hydroxyl groups excluding tert-OH is 1. The molecule has 0 heterocycles. The Hall–Kier alpha value is -1.94. The molecule has 0 amide bonds. The highest BCUT2D eigenvalue weighted by molar-refractivity contribution is 7.47. The summed E-state index contributed by atoms with van der Waals surface area (Å²) in [5.41, 5.74) is 0. The number of phosphoric ester groups is 2. The van der Waals surface area contributed by atoms with Crippen LogP contribution in [0.5, 0.6) is 0 Å². The molecule has 0 saturated carbocycles. The van der Waals surface area contributed by atoms with Crippen LogP contribution >= 0.6 is 15.6 Å². The van der Waals surface area contributed by atoms with Gasteiger partial charge in [-0.05, 0) is 43.4 Å². The van der Waals surface area contributed by atoms with E-state index in [0.717, 1.165) is 108 Å². The van der Waals surface area contributed by atoms with Crippen molar-refractivity contribution in [3.8, 4) is 0 Å². The summed E-state index contributed by atoms with van der Waals surface area (Å²) in [4.78, 5) is 73.3. The molecule has 0 aromatic rings. The van der Waals surface area contributed by atoms with E-state index in [1.165, 1.54) is 276 Å². The lowest BCUT2D eigenvalue weighted by molar-refractivity contribution is -0.161. The van der Waals surface area contributed by atoms with Gasteiger partial charge in [0, 0.05) is 25.7 Å². The first-order chi connectivity index (χ1) is 51.7. The summed E-state index contributed by atoms with van der Waals surface area (Å²) in [6, 6.07) is 0. The molecule has 0 aromatic carbocycles. The molecular weight excluding hydrogens is 1390 g/mol. The molecule has 107 heavy (non-hydrogen) atoms. The van der Waals surface area contributed by atoms with Crippen molar-refractivity contribution in [1.29, 1.82) is 0 Å². The van der Waals surface area contributed by atoms with E-state index in [1.54, 1.807) is 0 Å². The minimum atomic E-state index is -4.97. The molecule has 0 aliphatic heterocycles. The monoisotopic (exact) mass is 1560 g/mol. The molecule has 19 heteroatoms. The van der Waals surface area contributed by atoms with Crippen molar-refractivity contribution in [3.05, 3.63) is 0 Å². The molecule has 0 radical (unpaired) electrons. The third-order valence-corrected chi connectivity index (χ3v) is 22.5. The summed E-state index contributed by atoms with van der Waals surface area (Å²) in [6.45, 7) is 12.0. The Balaban J connectivity index is 5.26. The van der Waals surface area contributed by atoms with Gasteiger partial charge in [0.2, 0.25) is 0 Å². The molecule has 0 spiro atoms. The number of unbranched alkanes of at least 4 members (excludes halogenated alkanes) is 54. The first-order valence-electron chi connectivity index (χ1n) is 45.3. The number of rotatable bonds is 86. The summed E-state index contributed by atoms with van der Waals surface area (Å²) in [6.07, 6.45) is 69.4. The van der Waals surface area contributed by atoms with Crippen LogP contribution in [-0.2, 0) is 65.4 Å². The second-order valence-corrected chi connectivity index (χ2v) is 36.0. The van der Waals surface area contributed by atoms with Gasteiger partial charge >= 0.3 is 39.5 Å². The van der Waals surface area contributed by atoms with Gasteiger partial charge in [-0.2, -0.15) is 0 Å². The second-order valence-electron chi connectivity index (χ2n) is 33.1. The molecule has 0 rings (SSSR count). The number of carbonyl (C=O) groups excluding carboxylic acids is 4. The Kier molecular flexibility index (Phi) is 76.6. The van der Waals surface area contributed by atoms with Crippen molar-refractivity contribution in [2.75, 3.05) is 39.6 Å². The number of carbonyl (C=O) groups is 4. The first-order valence-corrected chi connectivity index (χ1v) is 48.3. The van der Waals surface area contributed by atoms with Crippen LogP contribution in [0.2, 0.25) is 0 Å². The Bertz CT molecular complexity index is 2060. The van der Waals surface area contributed by atoms with E-state index in [0.29, 0.717) is 25.7 Å². The van der Waals surface area contributed by atoms with Gasteiger partial charge < -0.3 is 33.8 Å². The van der Waals surface area contributed by atoms with Gasteiger partial charge in [-0.3, -0.25) is 37.3 Å². The maximum absolute atomic E-state index is 13.2. The lowest BCUT2D eigenvalue weighted by Gasteiger charge is -2.21. The predicted octanol–water partition coefficient (Wildman–Crippen LogP) is 26.9. The van der Waals surface area contributed by atoms with Gasteiger partial charge in [0.1, 0.15) is 19.3 Å². The van der Waals surface area contributed by atoms with Gasteiger partial charge in [0.05, 0.1) is 26.4 Å². The van der Waals surface area contributed by atoms with E-state index in [9.17, 15) is 43.2 Å². The summed E-state index contributed by atoms with van der Waals surface area (Å²) in [5.74, 6) is 0.247. The van der Waals surface area contributed by atoms with Crippen LogP contribution in [0.3, 0.4) is 0 Å². The average Bonchev–Trinajstić information content (AvgIpc) is 0.902.